The highest BCUT2D eigenvalue weighted by Gasteiger charge is 1.96. The molecule has 1 aromatic heterocycles. The van der Waals surface area contributed by atoms with Crippen LogP contribution in [0.5, 0.6) is 0 Å². The molecular formula is C8H9ClN2S. The van der Waals surface area contributed by atoms with E-state index in [4.69, 9.17) is 11.6 Å². The molecule has 0 N–H and O–H groups in total. The molecule has 0 bridgehead atoms. The van der Waals surface area contributed by atoms with Gasteiger partial charge in [0.1, 0.15) is 5.03 Å². The van der Waals surface area contributed by atoms with Crippen LogP contribution in [0.4, 0.5) is 0 Å². The monoisotopic (exact) mass is 200 g/mol. The summed E-state index contributed by atoms with van der Waals surface area (Å²) in [4.78, 5) is 8.04. The van der Waals surface area contributed by atoms with Gasteiger partial charge in [0, 0.05) is 24.0 Å². The van der Waals surface area contributed by atoms with Crippen molar-refractivity contribution in [3.05, 3.63) is 30.7 Å². The van der Waals surface area contributed by atoms with E-state index in [1.54, 1.807) is 30.4 Å². The quantitative estimate of drug-likeness (QED) is 0.424. The van der Waals surface area contributed by atoms with Crippen molar-refractivity contribution in [2.75, 3.05) is 11.6 Å². The number of aromatic nitrogens is 2. The molecule has 0 aromatic carbocycles. The first-order valence-corrected chi connectivity index (χ1v) is 4.96. The van der Waals surface area contributed by atoms with Gasteiger partial charge >= 0.3 is 0 Å². The molecule has 0 fully saturated rings. The summed E-state index contributed by atoms with van der Waals surface area (Å²) < 4.78 is 0. The third kappa shape index (κ3) is 3.24. The first-order chi connectivity index (χ1) is 5.83. The molecule has 4 heteroatoms. The van der Waals surface area contributed by atoms with Crippen LogP contribution in [0.15, 0.2) is 35.8 Å². The lowest BCUT2D eigenvalue weighted by Gasteiger charge is -1.99. The van der Waals surface area contributed by atoms with Gasteiger partial charge in [-0.05, 0) is 0 Å². The molecule has 2 nitrogen and oxygen atoms in total. The molecule has 0 aliphatic rings. The van der Waals surface area contributed by atoms with E-state index in [0.717, 1.165) is 16.4 Å². The maximum Gasteiger partial charge on any atom is 0.115 e. The fourth-order valence-electron chi connectivity index (χ4n) is 0.575. The van der Waals surface area contributed by atoms with Gasteiger partial charge in [-0.2, -0.15) is 0 Å². The van der Waals surface area contributed by atoms with Crippen molar-refractivity contribution in [3.63, 3.8) is 0 Å². The maximum absolute atomic E-state index is 5.57. The lowest BCUT2D eigenvalue weighted by atomic mass is 10.4. The first kappa shape index (κ1) is 9.55. The van der Waals surface area contributed by atoms with Crippen molar-refractivity contribution < 1.29 is 0 Å². The van der Waals surface area contributed by atoms with E-state index in [1.165, 1.54) is 0 Å². The molecule has 12 heavy (non-hydrogen) atoms. The Balaban J connectivity index is 2.38. The van der Waals surface area contributed by atoms with Crippen molar-refractivity contribution in [3.8, 4) is 0 Å². The van der Waals surface area contributed by atoms with E-state index < -0.39 is 0 Å². The van der Waals surface area contributed by atoms with Crippen LogP contribution in [0.2, 0.25) is 0 Å². The highest BCUT2D eigenvalue weighted by molar-refractivity contribution is 7.99. The highest BCUT2D eigenvalue weighted by Crippen LogP contribution is 2.16. The molecule has 0 aliphatic carbocycles. The van der Waals surface area contributed by atoms with Gasteiger partial charge in [0.25, 0.3) is 0 Å². The number of nitrogens with zero attached hydrogens (tertiary/aromatic N) is 2. The minimum absolute atomic E-state index is 0.507. The van der Waals surface area contributed by atoms with Gasteiger partial charge in [-0.1, -0.05) is 12.2 Å². The molecule has 0 aliphatic heterocycles. The Morgan fingerprint density at radius 3 is 3.00 bits per heavy atom. The van der Waals surface area contributed by atoms with E-state index in [-0.39, 0.29) is 0 Å². The van der Waals surface area contributed by atoms with Gasteiger partial charge in [-0.25, -0.2) is 4.98 Å². The summed E-state index contributed by atoms with van der Waals surface area (Å²) in [5, 5.41) is 0.906. The molecular weight excluding hydrogens is 192 g/mol. The van der Waals surface area contributed by atoms with Gasteiger partial charge in [0.15, 0.2) is 0 Å². The minimum atomic E-state index is 0.507. The SMILES string of the molecule is C=C(CCl)CSc1cnccn1. The summed E-state index contributed by atoms with van der Waals surface area (Å²) in [6.45, 7) is 3.79. The van der Waals surface area contributed by atoms with Crippen LogP contribution < -0.4 is 0 Å². The number of hydrogen-bond donors (Lipinski definition) is 0. The van der Waals surface area contributed by atoms with Crippen molar-refractivity contribution in [2.45, 2.75) is 5.03 Å². The molecule has 0 atom stereocenters. The van der Waals surface area contributed by atoms with Crippen LogP contribution in [-0.2, 0) is 0 Å². The van der Waals surface area contributed by atoms with E-state index in [1.807, 2.05) is 0 Å². The van der Waals surface area contributed by atoms with Gasteiger partial charge < -0.3 is 0 Å². The maximum atomic E-state index is 5.57. The predicted molar refractivity (Wildman–Crippen MR) is 52.6 cm³/mol. The Morgan fingerprint density at radius 1 is 1.58 bits per heavy atom. The zero-order valence-corrected chi connectivity index (χ0v) is 8.11. The number of rotatable bonds is 4. The average Bonchev–Trinajstić information content (AvgIpc) is 2.16. The van der Waals surface area contributed by atoms with Crippen LogP contribution >= 0.6 is 23.4 Å². The van der Waals surface area contributed by atoms with E-state index in [9.17, 15) is 0 Å². The van der Waals surface area contributed by atoms with E-state index in [0.29, 0.717) is 5.88 Å². The Kier molecular flexibility index (Phi) is 4.11. The smallest absolute Gasteiger partial charge is 0.115 e. The molecule has 0 amide bonds. The second-order valence-corrected chi connectivity index (χ2v) is 3.48. The lowest BCUT2D eigenvalue weighted by molar-refractivity contribution is 1.06. The third-order valence-electron chi connectivity index (χ3n) is 1.15. The third-order valence-corrected chi connectivity index (χ3v) is 2.59. The molecule has 1 rings (SSSR count). The zero-order valence-electron chi connectivity index (χ0n) is 6.53. The van der Waals surface area contributed by atoms with Crippen LogP contribution in [0.1, 0.15) is 0 Å². The van der Waals surface area contributed by atoms with Crippen molar-refractivity contribution in [2.24, 2.45) is 0 Å². The van der Waals surface area contributed by atoms with Crippen molar-refractivity contribution in [1.29, 1.82) is 0 Å². The zero-order chi connectivity index (χ0) is 8.81. The van der Waals surface area contributed by atoms with Crippen LogP contribution in [0.3, 0.4) is 0 Å². The summed E-state index contributed by atoms with van der Waals surface area (Å²) in [7, 11) is 0. The van der Waals surface area contributed by atoms with Crippen LogP contribution in [-0.4, -0.2) is 21.6 Å². The number of thioether (sulfide) groups is 1. The van der Waals surface area contributed by atoms with Crippen molar-refractivity contribution >= 4 is 23.4 Å². The highest BCUT2D eigenvalue weighted by atomic mass is 35.5. The molecule has 1 heterocycles. The number of halogens is 1. The van der Waals surface area contributed by atoms with Gasteiger partial charge in [0.2, 0.25) is 0 Å². The molecule has 0 unspecified atom stereocenters. The van der Waals surface area contributed by atoms with Gasteiger partial charge in [-0.15, -0.1) is 23.4 Å². The minimum Gasteiger partial charge on any atom is -0.260 e. The molecule has 0 spiro atoms. The van der Waals surface area contributed by atoms with E-state index in [2.05, 4.69) is 16.5 Å². The summed E-state index contributed by atoms with van der Waals surface area (Å²) in [5.41, 5.74) is 1.01. The Hall–Kier alpha value is -0.540. The molecule has 0 saturated heterocycles. The first-order valence-electron chi connectivity index (χ1n) is 3.44. The Bertz CT molecular complexity index is 250. The average molecular weight is 201 g/mol. The summed E-state index contributed by atoms with van der Waals surface area (Å²) in [6.07, 6.45) is 5.05. The summed E-state index contributed by atoms with van der Waals surface area (Å²) in [6, 6.07) is 0. The summed E-state index contributed by atoms with van der Waals surface area (Å²) >= 11 is 7.16. The topological polar surface area (TPSA) is 25.8 Å². The van der Waals surface area contributed by atoms with Gasteiger partial charge in [0.05, 0.1) is 6.20 Å². The Labute approximate surface area is 81.1 Å². The lowest BCUT2D eigenvalue weighted by Crippen LogP contribution is -1.88. The second kappa shape index (κ2) is 5.17. The van der Waals surface area contributed by atoms with Gasteiger partial charge in [-0.3, -0.25) is 4.98 Å². The molecule has 0 saturated carbocycles. The number of alkyl halides is 1. The fourth-order valence-corrected chi connectivity index (χ4v) is 1.51. The van der Waals surface area contributed by atoms with Crippen LogP contribution in [0.25, 0.3) is 0 Å². The van der Waals surface area contributed by atoms with E-state index >= 15 is 0 Å². The second-order valence-electron chi connectivity index (χ2n) is 2.22. The molecule has 0 radical (unpaired) electrons. The fraction of sp³-hybridized carbons (Fsp3) is 0.250. The van der Waals surface area contributed by atoms with Crippen LogP contribution in [0, 0.1) is 0 Å². The summed E-state index contributed by atoms with van der Waals surface area (Å²) in [5.74, 6) is 1.31. The van der Waals surface area contributed by atoms with Crippen molar-refractivity contribution in [1.82, 2.24) is 9.97 Å². The largest absolute Gasteiger partial charge is 0.260 e. The molecule has 64 valence electrons. The predicted octanol–water partition coefficient (Wildman–Crippen LogP) is 2.36. The number of hydrogen-bond acceptors (Lipinski definition) is 3. The standard InChI is InChI=1S/C8H9ClN2S/c1-7(4-9)6-12-8-5-10-2-3-11-8/h2-3,5H,1,4,6H2. The molecule has 1 aromatic rings. The Morgan fingerprint density at radius 2 is 2.42 bits per heavy atom. The normalized spacial score (nSPS) is 9.75.